The number of hydrogen-bond donors (Lipinski definition) is 0. The smallest absolute Gasteiger partial charge is 0.0429 e. The molecule has 0 aromatic rings. The van der Waals surface area contributed by atoms with Crippen LogP contribution >= 0.6 is 11.6 Å². The molecule has 0 aromatic carbocycles. The minimum absolute atomic E-state index is 0.683. The molecule has 0 nitrogen and oxygen atoms in total. The molecule has 0 radical (unpaired) electrons. The molecule has 1 heteroatoms. The standard InChI is InChI=1S/C10H13Cl/c1-8(2)6-5-7-10(11)9(3)4/h5-7H,1,3H2,2,4H3/b6-5-,10-7+. The summed E-state index contributed by atoms with van der Waals surface area (Å²) in [7, 11) is 0. The Balaban J connectivity index is 4.13. The van der Waals surface area contributed by atoms with Crippen LogP contribution in [0.3, 0.4) is 0 Å². The van der Waals surface area contributed by atoms with Crippen molar-refractivity contribution in [3.05, 3.63) is 47.6 Å². The summed E-state index contributed by atoms with van der Waals surface area (Å²) in [5.74, 6) is 0. The first-order valence-electron chi connectivity index (χ1n) is 3.39. The highest BCUT2D eigenvalue weighted by atomic mass is 35.5. The second kappa shape index (κ2) is 4.97. The molecule has 0 bridgehead atoms. The zero-order valence-electron chi connectivity index (χ0n) is 7.02. The molecule has 0 aliphatic heterocycles. The van der Waals surface area contributed by atoms with Crippen LogP contribution < -0.4 is 0 Å². The van der Waals surface area contributed by atoms with Crippen molar-refractivity contribution in [2.75, 3.05) is 0 Å². The Labute approximate surface area is 73.6 Å². The van der Waals surface area contributed by atoms with Gasteiger partial charge in [-0.3, -0.25) is 0 Å². The summed E-state index contributed by atoms with van der Waals surface area (Å²) in [6.07, 6.45) is 5.56. The van der Waals surface area contributed by atoms with Crippen LogP contribution in [-0.4, -0.2) is 0 Å². The van der Waals surface area contributed by atoms with E-state index in [0.29, 0.717) is 5.03 Å². The van der Waals surface area contributed by atoms with Crippen molar-refractivity contribution >= 4 is 11.6 Å². The SMILES string of the molecule is C=C(C)/C=C\C=C(\Cl)C(=C)C. The molecule has 0 unspecified atom stereocenters. The lowest BCUT2D eigenvalue weighted by Crippen LogP contribution is -1.69. The van der Waals surface area contributed by atoms with E-state index in [2.05, 4.69) is 13.2 Å². The van der Waals surface area contributed by atoms with Crippen LogP contribution in [-0.2, 0) is 0 Å². The Morgan fingerprint density at radius 2 is 1.82 bits per heavy atom. The summed E-state index contributed by atoms with van der Waals surface area (Å²) in [6, 6.07) is 0. The molecule has 0 N–H and O–H groups in total. The van der Waals surface area contributed by atoms with E-state index < -0.39 is 0 Å². The molecule has 11 heavy (non-hydrogen) atoms. The maximum Gasteiger partial charge on any atom is 0.0429 e. The van der Waals surface area contributed by atoms with Gasteiger partial charge in [0.25, 0.3) is 0 Å². The zero-order chi connectivity index (χ0) is 8.85. The topological polar surface area (TPSA) is 0 Å². The van der Waals surface area contributed by atoms with Gasteiger partial charge in [0, 0.05) is 5.03 Å². The molecule has 0 saturated carbocycles. The fourth-order valence-electron chi connectivity index (χ4n) is 0.439. The number of rotatable bonds is 3. The molecule has 0 saturated heterocycles. The third-order valence-electron chi connectivity index (χ3n) is 1.03. The van der Waals surface area contributed by atoms with Gasteiger partial charge in [-0.25, -0.2) is 0 Å². The van der Waals surface area contributed by atoms with Crippen LogP contribution in [0, 0.1) is 0 Å². The Morgan fingerprint density at radius 1 is 1.27 bits per heavy atom. The van der Waals surface area contributed by atoms with Crippen molar-refractivity contribution in [3.8, 4) is 0 Å². The maximum atomic E-state index is 5.78. The second-order valence-electron chi connectivity index (χ2n) is 2.50. The Morgan fingerprint density at radius 3 is 2.18 bits per heavy atom. The average molecular weight is 169 g/mol. The summed E-state index contributed by atoms with van der Waals surface area (Å²) in [6.45, 7) is 11.2. The molecule has 60 valence electrons. The number of halogens is 1. The van der Waals surface area contributed by atoms with Crippen molar-refractivity contribution in [1.82, 2.24) is 0 Å². The number of hydrogen-bond acceptors (Lipinski definition) is 0. The minimum atomic E-state index is 0.683. The average Bonchev–Trinajstić information content (AvgIpc) is 1.86. The lowest BCUT2D eigenvalue weighted by Gasteiger charge is -1.91. The summed E-state index contributed by atoms with van der Waals surface area (Å²) in [5.41, 5.74) is 1.88. The van der Waals surface area contributed by atoms with E-state index in [9.17, 15) is 0 Å². The van der Waals surface area contributed by atoms with Crippen LogP contribution in [0.5, 0.6) is 0 Å². The first-order valence-corrected chi connectivity index (χ1v) is 3.77. The van der Waals surface area contributed by atoms with Gasteiger partial charge in [0.05, 0.1) is 0 Å². The van der Waals surface area contributed by atoms with Crippen LogP contribution in [0.4, 0.5) is 0 Å². The Kier molecular flexibility index (Phi) is 4.64. The molecular weight excluding hydrogens is 156 g/mol. The molecule has 0 aliphatic rings. The molecule has 0 amide bonds. The molecule has 0 spiro atoms. The molecular formula is C10H13Cl. The molecule has 0 fully saturated rings. The molecule has 0 aromatic heterocycles. The van der Waals surface area contributed by atoms with E-state index in [4.69, 9.17) is 11.6 Å². The predicted molar refractivity (Wildman–Crippen MR) is 52.7 cm³/mol. The van der Waals surface area contributed by atoms with Gasteiger partial charge in [-0.2, -0.15) is 0 Å². The van der Waals surface area contributed by atoms with Crippen LogP contribution in [0.25, 0.3) is 0 Å². The monoisotopic (exact) mass is 168 g/mol. The highest BCUT2D eigenvalue weighted by Gasteiger charge is 1.87. The minimum Gasteiger partial charge on any atom is -0.0961 e. The second-order valence-corrected chi connectivity index (χ2v) is 2.91. The van der Waals surface area contributed by atoms with Crippen LogP contribution in [0.1, 0.15) is 13.8 Å². The van der Waals surface area contributed by atoms with Crippen molar-refractivity contribution < 1.29 is 0 Å². The van der Waals surface area contributed by atoms with E-state index in [0.717, 1.165) is 11.1 Å². The van der Waals surface area contributed by atoms with Crippen molar-refractivity contribution in [1.29, 1.82) is 0 Å². The largest absolute Gasteiger partial charge is 0.0961 e. The summed E-state index contributed by atoms with van der Waals surface area (Å²) < 4.78 is 0. The van der Waals surface area contributed by atoms with Gasteiger partial charge in [-0.05, 0) is 25.5 Å². The molecule has 0 rings (SSSR count). The van der Waals surface area contributed by atoms with Crippen molar-refractivity contribution in [3.63, 3.8) is 0 Å². The number of allylic oxidation sites excluding steroid dienone is 6. The van der Waals surface area contributed by atoms with Gasteiger partial charge >= 0.3 is 0 Å². The van der Waals surface area contributed by atoms with E-state index >= 15 is 0 Å². The predicted octanol–water partition coefficient (Wildman–Crippen LogP) is 3.82. The summed E-state index contributed by atoms with van der Waals surface area (Å²) >= 11 is 5.78. The lowest BCUT2D eigenvalue weighted by atomic mass is 10.2. The third-order valence-corrected chi connectivity index (χ3v) is 1.48. The lowest BCUT2D eigenvalue weighted by molar-refractivity contribution is 1.51. The molecule has 0 atom stereocenters. The Hall–Kier alpha value is -0.750. The van der Waals surface area contributed by atoms with Crippen molar-refractivity contribution in [2.45, 2.75) is 13.8 Å². The van der Waals surface area contributed by atoms with Crippen molar-refractivity contribution in [2.24, 2.45) is 0 Å². The first-order chi connectivity index (χ1) is 5.04. The van der Waals surface area contributed by atoms with Gasteiger partial charge in [0.15, 0.2) is 0 Å². The van der Waals surface area contributed by atoms with Crippen LogP contribution in [0.2, 0.25) is 0 Å². The van der Waals surface area contributed by atoms with Crippen LogP contribution in [0.15, 0.2) is 47.6 Å². The maximum absolute atomic E-state index is 5.78. The first kappa shape index (κ1) is 10.2. The summed E-state index contributed by atoms with van der Waals surface area (Å²) in [4.78, 5) is 0. The molecule has 0 aliphatic carbocycles. The van der Waals surface area contributed by atoms with E-state index in [1.54, 1.807) is 6.08 Å². The fraction of sp³-hybridized carbons (Fsp3) is 0.200. The zero-order valence-corrected chi connectivity index (χ0v) is 7.78. The fourth-order valence-corrected chi connectivity index (χ4v) is 0.512. The van der Waals surface area contributed by atoms with Gasteiger partial charge in [0.1, 0.15) is 0 Å². The van der Waals surface area contributed by atoms with E-state index in [1.807, 2.05) is 26.0 Å². The van der Waals surface area contributed by atoms with E-state index in [-0.39, 0.29) is 0 Å². The highest BCUT2D eigenvalue weighted by Crippen LogP contribution is 2.11. The van der Waals surface area contributed by atoms with Gasteiger partial charge < -0.3 is 0 Å². The van der Waals surface area contributed by atoms with Gasteiger partial charge in [-0.1, -0.05) is 42.5 Å². The quantitative estimate of drug-likeness (QED) is 0.562. The van der Waals surface area contributed by atoms with E-state index in [1.165, 1.54) is 0 Å². The highest BCUT2D eigenvalue weighted by molar-refractivity contribution is 6.31. The summed E-state index contributed by atoms with van der Waals surface area (Å²) in [5, 5.41) is 0.683. The molecule has 0 heterocycles. The van der Waals surface area contributed by atoms with Gasteiger partial charge in [0.2, 0.25) is 0 Å². The Bertz CT molecular complexity index is 219. The third kappa shape index (κ3) is 5.68. The normalized spacial score (nSPS) is 12.1. The van der Waals surface area contributed by atoms with Gasteiger partial charge in [-0.15, -0.1) is 0 Å².